The smallest absolute Gasteiger partial charge is 0.170 e. The number of hydrogen-bond donors (Lipinski definition) is 3. The molecule has 0 bridgehead atoms. The lowest BCUT2D eigenvalue weighted by molar-refractivity contribution is -0.145. The third kappa shape index (κ3) is 6.46. The topological polar surface area (TPSA) is 87.6 Å². The van der Waals surface area contributed by atoms with Gasteiger partial charge in [0.25, 0.3) is 0 Å². The fourth-order valence-corrected chi connectivity index (χ4v) is 4.58. The first kappa shape index (κ1) is 22.6. The number of aliphatic hydroxyl groups is 2. The Hall–Kier alpha value is -1.05. The van der Waals surface area contributed by atoms with E-state index in [-0.39, 0.29) is 6.61 Å². The normalized spacial score (nSPS) is 14.5. The van der Waals surface area contributed by atoms with Crippen LogP contribution in [0.3, 0.4) is 0 Å². The predicted molar refractivity (Wildman–Crippen MR) is 126 cm³/mol. The summed E-state index contributed by atoms with van der Waals surface area (Å²) in [4.78, 5) is 7.62. The van der Waals surface area contributed by atoms with Gasteiger partial charge in [0.1, 0.15) is 22.0 Å². The van der Waals surface area contributed by atoms with Crippen molar-refractivity contribution >= 4 is 45.2 Å². The van der Waals surface area contributed by atoms with Crippen LogP contribution in [0.1, 0.15) is 22.9 Å². The van der Waals surface area contributed by atoms with Gasteiger partial charge in [-0.25, -0.2) is 4.98 Å². The highest BCUT2D eigenvalue weighted by Gasteiger charge is 2.34. The second kappa shape index (κ2) is 11.4. The molecule has 0 radical (unpaired) electrons. The molecule has 8 heteroatoms. The van der Waals surface area contributed by atoms with Crippen LogP contribution in [0.4, 0.5) is 0 Å². The lowest BCUT2D eigenvalue weighted by Crippen LogP contribution is -2.39. The van der Waals surface area contributed by atoms with Gasteiger partial charge >= 0.3 is 0 Å². The van der Waals surface area contributed by atoms with E-state index in [4.69, 9.17) is 9.47 Å². The average Bonchev–Trinajstić information content (AvgIpc) is 3.09. The zero-order valence-corrected chi connectivity index (χ0v) is 19.9. The van der Waals surface area contributed by atoms with Crippen LogP contribution in [0.2, 0.25) is 0 Å². The summed E-state index contributed by atoms with van der Waals surface area (Å²) in [6, 6.07) is 19.5. The molecule has 2 aromatic carbocycles. The van der Waals surface area contributed by atoms with E-state index in [2.05, 4.69) is 55.1 Å². The first-order valence-corrected chi connectivity index (χ1v) is 11.2. The fourth-order valence-electron chi connectivity index (χ4n) is 2.90. The molecule has 0 saturated heterocycles. The van der Waals surface area contributed by atoms with E-state index in [1.54, 1.807) is 0 Å². The largest absolute Gasteiger partial charge is 0.394 e. The predicted octanol–water partition coefficient (Wildman–Crippen LogP) is 3.82. The molecule has 3 N–H and O–H groups in total. The van der Waals surface area contributed by atoms with Gasteiger partial charge in [-0.3, -0.25) is 0 Å². The van der Waals surface area contributed by atoms with Gasteiger partial charge in [0.15, 0.2) is 3.83 Å². The van der Waals surface area contributed by atoms with Crippen LogP contribution >= 0.6 is 45.2 Å². The van der Waals surface area contributed by atoms with Crippen molar-refractivity contribution in [3.63, 3.8) is 0 Å². The van der Waals surface area contributed by atoms with Gasteiger partial charge in [0.2, 0.25) is 0 Å². The van der Waals surface area contributed by atoms with Crippen molar-refractivity contribution in [1.82, 2.24) is 9.97 Å². The van der Waals surface area contributed by atoms with Crippen molar-refractivity contribution in [2.75, 3.05) is 6.61 Å². The van der Waals surface area contributed by atoms with E-state index in [1.807, 2.05) is 60.7 Å². The third-order valence-electron chi connectivity index (χ3n) is 4.36. The van der Waals surface area contributed by atoms with Crippen LogP contribution in [0.25, 0.3) is 0 Å². The Bertz CT molecular complexity index is 877. The van der Waals surface area contributed by atoms with Crippen molar-refractivity contribution in [2.45, 2.75) is 31.5 Å². The Kier molecular flexibility index (Phi) is 8.87. The summed E-state index contributed by atoms with van der Waals surface area (Å²) >= 11 is 4.23. The Balaban J connectivity index is 1.85. The van der Waals surface area contributed by atoms with Crippen LogP contribution in [0.5, 0.6) is 0 Å². The summed E-state index contributed by atoms with van der Waals surface area (Å²) in [6.07, 6.45) is -2.53. The van der Waals surface area contributed by atoms with Crippen LogP contribution in [0, 0.1) is 7.53 Å². The van der Waals surface area contributed by atoms with E-state index >= 15 is 0 Å². The number of nitrogens with zero attached hydrogens (tertiary/aromatic N) is 1. The number of ether oxygens (including phenoxy) is 2. The summed E-state index contributed by atoms with van der Waals surface area (Å²) in [5.74, 6) is 0. The number of rotatable bonds is 10. The van der Waals surface area contributed by atoms with Crippen molar-refractivity contribution in [3.8, 4) is 0 Å². The number of nitrogens with one attached hydrogen (secondary N) is 1. The van der Waals surface area contributed by atoms with Gasteiger partial charge in [-0.1, -0.05) is 60.7 Å². The monoisotopic (exact) mass is 620 g/mol. The lowest BCUT2D eigenvalue weighted by Gasteiger charge is -2.30. The van der Waals surface area contributed by atoms with E-state index in [1.165, 1.54) is 0 Å². The summed E-state index contributed by atoms with van der Waals surface area (Å²) in [5.41, 5.74) is 2.69. The quantitative estimate of drug-likeness (QED) is 0.301. The maximum atomic E-state index is 10.5. The van der Waals surface area contributed by atoms with E-state index in [0.29, 0.717) is 6.61 Å². The number of aromatic nitrogens is 2. The van der Waals surface area contributed by atoms with Gasteiger partial charge in [0, 0.05) is 0 Å². The highest BCUT2D eigenvalue weighted by Crippen LogP contribution is 2.30. The molecule has 0 amide bonds. The highest BCUT2D eigenvalue weighted by atomic mass is 127. The molecule has 3 atom stereocenters. The van der Waals surface area contributed by atoms with Crippen LogP contribution in [-0.4, -0.2) is 39.0 Å². The van der Waals surface area contributed by atoms with Gasteiger partial charge in [-0.2, -0.15) is 0 Å². The van der Waals surface area contributed by atoms with Crippen molar-refractivity contribution in [2.24, 2.45) is 0 Å². The Morgan fingerprint density at radius 3 is 1.93 bits per heavy atom. The maximum absolute atomic E-state index is 10.5. The average molecular weight is 620 g/mol. The second-order valence-electron chi connectivity index (χ2n) is 6.46. The van der Waals surface area contributed by atoms with Gasteiger partial charge in [-0.05, 0) is 56.3 Å². The first-order chi connectivity index (χ1) is 14.1. The minimum absolute atomic E-state index is 0.287. The molecule has 6 nitrogen and oxygen atoms in total. The molecule has 1 aromatic heterocycles. The molecule has 0 aliphatic carbocycles. The van der Waals surface area contributed by atoms with Crippen LogP contribution in [0.15, 0.2) is 60.7 Å². The number of benzene rings is 2. The third-order valence-corrected chi connectivity index (χ3v) is 5.70. The molecule has 0 saturated carbocycles. The van der Waals surface area contributed by atoms with Crippen molar-refractivity contribution < 1.29 is 19.7 Å². The van der Waals surface area contributed by atoms with E-state index in [0.717, 1.165) is 24.4 Å². The molecule has 3 rings (SSSR count). The zero-order valence-electron chi connectivity index (χ0n) is 15.5. The van der Waals surface area contributed by atoms with Crippen LogP contribution < -0.4 is 0 Å². The molecule has 3 aromatic rings. The SMILES string of the molecule is OC[C@@H](O)[C@H](OCc1ccccc1)[C@@H](OCc1ccccc1)c1[nH]c(I)nc1I. The minimum Gasteiger partial charge on any atom is -0.394 e. The molecule has 0 aliphatic heterocycles. The molecule has 154 valence electrons. The van der Waals surface area contributed by atoms with Crippen molar-refractivity contribution in [3.05, 3.63) is 85.0 Å². The molecule has 29 heavy (non-hydrogen) atoms. The molecule has 0 aliphatic rings. The highest BCUT2D eigenvalue weighted by molar-refractivity contribution is 14.1. The number of H-pyrrole nitrogens is 1. The molecular weight excluding hydrogens is 598 g/mol. The van der Waals surface area contributed by atoms with Crippen LogP contribution in [-0.2, 0) is 22.7 Å². The molecular formula is C21H22I2N2O4. The van der Waals surface area contributed by atoms with Gasteiger partial charge in [0.05, 0.1) is 25.5 Å². The van der Waals surface area contributed by atoms with Gasteiger partial charge < -0.3 is 24.7 Å². The molecule has 0 fully saturated rings. The maximum Gasteiger partial charge on any atom is 0.170 e. The summed E-state index contributed by atoms with van der Waals surface area (Å²) in [6.45, 7) is 0.183. The fraction of sp³-hybridized carbons (Fsp3) is 0.286. The number of aromatic amines is 1. The Morgan fingerprint density at radius 2 is 1.45 bits per heavy atom. The number of halogens is 2. The summed E-state index contributed by atoms with van der Waals surface area (Å²) in [5, 5.41) is 20.2. The molecule has 0 unspecified atom stereocenters. The Labute approximate surface area is 197 Å². The van der Waals surface area contributed by atoms with E-state index < -0.39 is 24.9 Å². The standard InChI is InChI=1S/C21H22I2N2O4/c22-20-17(24-21(23)25-20)19(29-13-15-9-5-2-6-10-15)18(16(27)11-26)28-12-14-7-3-1-4-8-14/h1-10,16,18-19,26-27H,11-13H2,(H,24,25)/t16-,18+,19+/m1/s1. The summed E-state index contributed by atoms with van der Waals surface area (Å²) < 4.78 is 13.7. The second-order valence-corrected chi connectivity index (χ2v) is 8.50. The zero-order chi connectivity index (χ0) is 20.6. The molecule has 0 spiro atoms. The lowest BCUT2D eigenvalue weighted by atomic mass is 10.1. The number of aliphatic hydroxyl groups excluding tert-OH is 2. The first-order valence-electron chi connectivity index (χ1n) is 9.09. The number of imidazole rings is 1. The van der Waals surface area contributed by atoms with Gasteiger partial charge in [-0.15, -0.1) is 0 Å². The van der Waals surface area contributed by atoms with Crippen molar-refractivity contribution in [1.29, 1.82) is 0 Å². The Morgan fingerprint density at radius 1 is 0.897 bits per heavy atom. The summed E-state index contributed by atoms with van der Waals surface area (Å²) in [7, 11) is 0. The van der Waals surface area contributed by atoms with E-state index in [9.17, 15) is 10.2 Å². The number of hydrogen-bond acceptors (Lipinski definition) is 5. The minimum atomic E-state index is -1.11. The molecule has 1 heterocycles.